The second-order valence-corrected chi connectivity index (χ2v) is 4.99. The van der Waals surface area contributed by atoms with Crippen LogP contribution in [0.15, 0.2) is 36.4 Å². The van der Waals surface area contributed by atoms with E-state index in [9.17, 15) is 9.18 Å². The van der Waals surface area contributed by atoms with Crippen molar-refractivity contribution in [2.45, 2.75) is 13.3 Å². The van der Waals surface area contributed by atoms with Gasteiger partial charge in [0.15, 0.2) is 0 Å². The van der Waals surface area contributed by atoms with Crippen molar-refractivity contribution in [2.24, 2.45) is 0 Å². The van der Waals surface area contributed by atoms with E-state index in [1.54, 1.807) is 13.0 Å². The first-order valence-corrected chi connectivity index (χ1v) is 6.58. The van der Waals surface area contributed by atoms with Crippen LogP contribution in [-0.4, -0.2) is 12.5 Å². The van der Waals surface area contributed by atoms with E-state index >= 15 is 0 Å². The van der Waals surface area contributed by atoms with Crippen LogP contribution in [0.4, 0.5) is 15.8 Å². The second-order valence-electron chi connectivity index (χ2n) is 4.99. The molecule has 0 aliphatic carbocycles. The van der Waals surface area contributed by atoms with Crippen LogP contribution >= 0.6 is 0 Å². The number of carbonyl (C=O) groups is 1. The van der Waals surface area contributed by atoms with Crippen LogP contribution in [0.1, 0.15) is 21.5 Å². The van der Waals surface area contributed by atoms with E-state index in [2.05, 4.69) is 10.6 Å². The summed E-state index contributed by atoms with van der Waals surface area (Å²) in [5.41, 5.74) is 3.82. The van der Waals surface area contributed by atoms with Gasteiger partial charge >= 0.3 is 0 Å². The van der Waals surface area contributed by atoms with Gasteiger partial charge in [0.25, 0.3) is 5.91 Å². The van der Waals surface area contributed by atoms with Crippen LogP contribution in [0.2, 0.25) is 0 Å². The molecule has 0 radical (unpaired) electrons. The minimum Gasteiger partial charge on any atom is -0.384 e. The predicted octanol–water partition coefficient (Wildman–Crippen LogP) is 3.35. The van der Waals surface area contributed by atoms with Crippen LogP contribution in [0.25, 0.3) is 0 Å². The maximum atomic E-state index is 13.8. The highest BCUT2D eigenvalue weighted by Crippen LogP contribution is 2.25. The molecule has 4 heteroatoms. The number of halogens is 1. The minimum atomic E-state index is -0.495. The number of hydrogen-bond acceptors (Lipinski definition) is 2. The Balaban J connectivity index is 1.82. The lowest BCUT2D eigenvalue weighted by Crippen LogP contribution is -2.14. The highest BCUT2D eigenvalue weighted by Gasteiger charge is 2.14. The van der Waals surface area contributed by atoms with E-state index in [0.29, 0.717) is 5.69 Å². The van der Waals surface area contributed by atoms with Gasteiger partial charge in [0.05, 0.1) is 5.56 Å². The molecule has 1 heterocycles. The predicted molar refractivity (Wildman–Crippen MR) is 77.7 cm³/mol. The van der Waals surface area contributed by atoms with Gasteiger partial charge in [-0.15, -0.1) is 0 Å². The summed E-state index contributed by atoms with van der Waals surface area (Å²) in [4.78, 5) is 12.1. The smallest absolute Gasteiger partial charge is 0.258 e. The summed E-state index contributed by atoms with van der Waals surface area (Å²) in [7, 11) is 0. The molecule has 0 spiro atoms. The molecule has 0 unspecified atom stereocenters. The van der Waals surface area contributed by atoms with Crippen molar-refractivity contribution in [3.63, 3.8) is 0 Å². The molecule has 2 N–H and O–H groups in total. The largest absolute Gasteiger partial charge is 0.384 e. The molecule has 20 heavy (non-hydrogen) atoms. The van der Waals surface area contributed by atoms with Crippen molar-refractivity contribution in [3.8, 4) is 0 Å². The highest BCUT2D eigenvalue weighted by molar-refractivity contribution is 6.04. The van der Waals surface area contributed by atoms with Gasteiger partial charge in [-0.2, -0.15) is 0 Å². The fourth-order valence-corrected chi connectivity index (χ4v) is 2.39. The first-order valence-electron chi connectivity index (χ1n) is 6.58. The maximum Gasteiger partial charge on any atom is 0.258 e. The molecule has 0 atom stereocenters. The van der Waals surface area contributed by atoms with E-state index in [1.165, 1.54) is 17.7 Å². The highest BCUT2D eigenvalue weighted by atomic mass is 19.1. The Morgan fingerprint density at radius 3 is 2.90 bits per heavy atom. The Bertz CT molecular complexity index is 682. The molecule has 3 rings (SSSR count). The minimum absolute atomic E-state index is 0.0641. The van der Waals surface area contributed by atoms with Crippen LogP contribution in [0.5, 0.6) is 0 Å². The summed E-state index contributed by atoms with van der Waals surface area (Å²) in [5, 5.41) is 6.00. The number of carbonyl (C=O) groups excluding carboxylic acids is 1. The number of rotatable bonds is 2. The van der Waals surface area contributed by atoms with Gasteiger partial charge in [0.2, 0.25) is 0 Å². The van der Waals surface area contributed by atoms with Gasteiger partial charge in [0.1, 0.15) is 5.82 Å². The molecule has 0 saturated heterocycles. The third kappa shape index (κ3) is 2.37. The number of aryl methyl sites for hydroxylation is 1. The zero-order valence-electron chi connectivity index (χ0n) is 11.2. The zero-order chi connectivity index (χ0) is 14.1. The normalized spacial score (nSPS) is 12.7. The van der Waals surface area contributed by atoms with Crippen molar-refractivity contribution in [2.75, 3.05) is 17.2 Å². The first kappa shape index (κ1) is 12.7. The molecule has 0 saturated carbocycles. The van der Waals surface area contributed by atoms with E-state index in [0.717, 1.165) is 24.2 Å². The maximum absolute atomic E-state index is 13.8. The van der Waals surface area contributed by atoms with E-state index in [4.69, 9.17) is 0 Å². The number of anilines is 2. The van der Waals surface area contributed by atoms with E-state index in [-0.39, 0.29) is 5.56 Å². The standard InChI is InChI=1S/C16H15FN2O/c1-10-2-4-13(14(17)8-10)16(20)19-12-3-5-15-11(9-12)6-7-18-15/h2-5,8-9,18H,6-7H2,1H3,(H,19,20). The monoisotopic (exact) mass is 270 g/mol. The lowest BCUT2D eigenvalue weighted by molar-refractivity contribution is 0.102. The fourth-order valence-electron chi connectivity index (χ4n) is 2.39. The van der Waals surface area contributed by atoms with Crippen molar-refractivity contribution < 1.29 is 9.18 Å². The summed E-state index contributed by atoms with van der Waals surface area (Å²) < 4.78 is 13.8. The quantitative estimate of drug-likeness (QED) is 0.878. The molecule has 0 bridgehead atoms. The van der Waals surface area contributed by atoms with Gasteiger partial charge in [-0.1, -0.05) is 6.07 Å². The van der Waals surface area contributed by atoms with Gasteiger partial charge in [-0.25, -0.2) is 4.39 Å². The number of nitrogens with one attached hydrogen (secondary N) is 2. The average Bonchev–Trinajstić information content (AvgIpc) is 2.85. The summed E-state index contributed by atoms with van der Waals surface area (Å²) in [6.07, 6.45) is 0.942. The number of benzene rings is 2. The molecular weight excluding hydrogens is 255 g/mol. The molecule has 2 aromatic carbocycles. The lowest BCUT2D eigenvalue weighted by Gasteiger charge is -2.08. The van der Waals surface area contributed by atoms with Gasteiger partial charge in [-0.05, 0) is 54.8 Å². The van der Waals surface area contributed by atoms with Crippen LogP contribution in [0, 0.1) is 12.7 Å². The van der Waals surface area contributed by atoms with Crippen LogP contribution in [-0.2, 0) is 6.42 Å². The molecule has 102 valence electrons. The van der Waals surface area contributed by atoms with Crippen molar-refractivity contribution in [1.82, 2.24) is 0 Å². The molecular formula is C16H15FN2O. The van der Waals surface area contributed by atoms with E-state index < -0.39 is 11.7 Å². The molecule has 0 fully saturated rings. The fraction of sp³-hybridized carbons (Fsp3) is 0.188. The summed E-state index contributed by atoms with van der Waals surface area (Å²) in [6.45, 7) is 2.71. The van der Waals surface area contributed by atoms with Crippen LogP contribution in [0.3, 0.4) is 0 Å². The number of amides is 1. The Kier molecular flexibility index (Phi) is 3.14. The lowest BCUT2D eigenvalue weighted by atomic mass is 10.1. The molecule has 0 aromatic heterocycles. The third-order valence-electron chi connectivity index (χ3n) is 3.44. The van der Waals surface area contributed by atoms with Crippen molar-refractivity contribution in [3.05, 3.63) is 58.9 Å². The Morgan fingerprint density at radius 1 is 1.25 bits per heavy atom. The Morgan fingerprint density at radius 2 is 2.10 bits per heavy atom. The SMILES string of the molecule is Cc1ccc(C(=O)Nc2ccc3c(c2)CCN3)c(F)c1. The van der Waals surface area contributed by atoms with Crippen molar-refractivity contribution in [1.29, 1.82) is 0 Å². The summed E-state index contributed by atoms with van der Waals surface area (Å²) in [5.74, 6) is -0.918. The third-order valence-corrected chi connectivity index (χ3v) is 3.44. The summed E-state index contributed by atoms with van der Waals surface area (Å²) >= 11 is 0. The molecule has 1 amide bonds. The second kappa shape index (κ2) is 4.96. The number of fused-ring (bicyclic) bond motifs is 1. The first-order chi connectivity index (χ1) is 9.63. The zero-order valence-corrected chi connectivity index (χ0v) is 11.2. The molecule has 1 aliphatic heterocycles. The Hall–Kier alpha value is -2.36. The Labute approximate surface area is 116 Å². The topological polar surface area (TPSA) is 41.1 Å². The van der Waals surface area contributed by atoms with Gasteiger partial charge in [-0.3, -0.25) is 4.79 Å². The van der Waals surface area contributed by atoms with Crippen molar-refractivity contribution >= 4 is 17.3 Å². The average molecular weight is 270 g/mol. The summed E-state index contributed by atoms with van der Waals surface area (Å²) in [6, 6.07) is 10.3. The molecule has 2 aromatic rings. The van der Waals surface area contributed by atoms with Gasteiger partial charge < -0.3 is 10.6 Å². The van der Waals surface area contributed by atoms with E-state index in [1.807, 2.05) is 18.2 Å². The van der Waals surface area contributed by atoms with Gasteiger partial charge in [0, 0.05) is 17.9 Å². The molecule has 3 nitrogen and oxygen atoms in total. The molecule has 1 aliphatic rings. The van der Waals surface area contributed by atoms with Crippen LogP contribution < -0.4 is 10.6 Å². The number of hydrogen-bond donors (Lipinski definition) is 2.